The number of carbonyl (C=O) groups is 1. The second-order valence-electron chi connectivity index (χ2n) is 16.5. The monoisotopic (exact) mass is 896 g/mol. The van der Waals surface area contributed by atoms with E-state index in [1.54, 1.807) is 12.2 Å². The molecule has 0 spiro atoms. The summed E-state index contributed by atoms with van der Waals surface area (Å²) in [5, 5.41) is 119. The van der Waals surface area contributed by atoms with E-state index in [4.69, 9.17) is 28.4 Å². The highest BCUT2D eigenvalue weighted by Gasteiger charge is 2.53. The average Bonchev–Trinajstić information content (AvgIpc) is 3.26. The number of aliphatic hydroxyl groups excluding tert-OH is 11. The molecule has 0 aromatic carbocycles. The van der Waals surface area contributed by atoms with E-state index in [0.717, 1.165) is 38.5 Å². The lowest BCUT2D eigenvalue weighted by atomic mass is 9.96. The Bertz CT molecular complexity index is 1260. The molecule has 3 saturated heterocycles. The predicted octanol–water partition coefficient (Wildman–Crippen LogP) is -0.699. The Balaban J connectivity index is 1.61. The molecule has 1 amide bonds. The molecule has 12 N–H and O–H groups in total. The van der Waals surface area contributed by atoms with Crippen molar-refractivity contribution in [1.29, 1.82) is 0 Å². The van der Waals surface area contributed by atoms with Crippen LogP contribution in [0.1, 0.15) is 110 Å². The molecule has 0 bridgehead atoms. The van der Waals surface area contributed by atoms with Crippen molar-refractivity contribution in [3.8, 4) is 0 Å². The standard InChI is InChI=1S/C43H77NO18/c1-3-5-7-9-11-12-13-15-17-19-21-31(49)44-26(27(48)20-18-16-14-10-8-6-4-2)25-57-41-37(55)34(52)39(29(23-46)59-41)62-43-38(56)35(53)40(30(24-47)60-43)61-42-36(54)33(51)32(50)28(22-45)58-42/h8,10,18,20,26-30,32-43,45-48,50-56H,3-7,9,11-17,19,21-25H2,1-2H3,(H,44,49)/b10-8+,20-18+. The van der Waals surface area contributed by atoms with Crippen LogP contribution in [0, 0.1) is 0 Å². The number of hydrogen-bond donors (Lipinski definition) is 12. The highest BCUT2D eigenvalue weighted by molar-refractivity contribution is 5.76. The summed E-state index contributed by atoms with van der Waals surface area (Å²) in [5.41, 5.74) is 0. The predicted molar refractivity (Wildman–Crippen MR) is 222 cm³/mol. The molecule has 62 heavy (non-hydrogen) atoms. The van der Waals surface area contributed by atoms with Gasteiger partial charge in [-0.25, -0.2) is 0 Å². The molecule has 362 valence electrons. The molecule has 19 nitrogen and oxygen atoms in total. The van der Waals surface area contributed by atoms with Crippen molar-refractivity contribution in [3.63, 3.8) is 0 Å². The van der Waals surface area contributed by atoms with Gasteiger partial charge in [-0.05, 0) is 25.7 Å². The Labute approximate surface area is 365 Å². The molecule has 17 atom stereocenters. The summed E-state index contributed by atoms with van der Waals surface area (Å²) in [4.78, 5) is 13.0. The molecule has 3 fully saturated rings. The van der Waals surface area contributed by atoms with Crippen LogP contribution in [0.3, 0.4) is 0 Å². The zero-order valence-corrected chi connectivity index (χ0v) is 36.3. The van der Waals surface area contributed by atoms with Gasteiger partial charge in [0.25, 0.3) is 0 Å². The highest BCUT2D eigenvalue weighted by Crippen LogP contribution is 2.33. The van der Waals surface area contributed by atoms with Gasteiger partial charge < -0.3 is 89.9 Å². The van der Waals surface area contributed by atoms with E-state index in [1.165, 1.54) is 38.5 Å². The van der Waals surface area contributed by atoms with Gasteiger partial charge >= 0.3 is 0 Å². The molecule has 3 aliphatic heterocycles. The van der Waals surface area contributed by atoms with E-state index in [0.29, 0.717) is 12.8 Å². The Morgan fingerprint density at radius 3 is 1.58 bits per heavy atom. The Morgan fingerprint density at radius 2 is 1.03 bits per heavy atom. The normalized spacial score (nSPS) is 35.4. The summed E-state index contributed by atoms with van der Waals surface area (Å²) in [6.45, 7) is 1.49. The van der Waals surface area contributed by atoms with E-state index < -0.39 is 124 Å². The van der Waals surface area contributed by atoms with Crippen LogP contribution in [-0.2, 0) is 33.2 Å². The Kier molecular flexibility index (Phi) is 26.2. The van der Waals surface area contributed by atoms with Crippen LogP contribution in [0.2, 0.25) is 0 Å². The molecule has 0 aromatic heterocycles. The van der Waals surface area contributed by atoms with E-state index in [-0.39, 0.29) is 18.9 Å². The number of amides is 1. The first kappa shape index (κ1) is 54.6. The van der Waals surface area contributed by atoms with Crippen molar-refractivity contribution in [3.05, 3.63) is 24.3 Å². The van der Waals surface area contributed by atoms with Gasteiger partial charge in [-0.2, -0.15) is 0 Å². The number of unbranched alkanes of at least 4 members (excludes halogenated alkanes) is 11. The molecule has 0 saturated carbocycles. The van der Waals surface area contributed by atoms with Crippen LogP contribution in [0.4, 0.5) is 0 Å². The summed E-state index contributed by atoms with van der Waals surface area (Å²) in [7, 11) is 0. The van der Waals surface area contributed by atoms with Crippen molar-refractivity contribution < 1.29 is 89.4 Å². The molecule has 3 aliphatic rings. The summed E-state index contributed by atoms with van der Waals surface area (Å²) < 4.78 is 33.9. The first-order chi connectivity index (χ1) is 29.8. The van der Waals surface area contributed by atoms with Gasteiger partial charge in [0.1, 0.15) is 73.2 Å². The summed E-state index contributed by atoms with van der Waals surface area (Å²) in [5.74, 6) is -0.296. The highest BCUT2D eigenvalue weighted by atomic mass is 16.8. The van der Waals surface area contributed by atoms with E-state index in [9.17, 15) is 61.0 Å². The molecular formula is C43H77NO18. The maximum absolute atomic E-state index is 13.0. The number of ether oxygens (including phenoxy) is 6. The smallest absolute Gasteiger partial charge is 0.220 e. The summed E-state index contributed by atoms with van der Waals surface area (Å²) >= 11 is 0. The first-order valence-electron chi connectivity index (χ1n) is 22.6. The summed E-state index contributed by atoms with van der Waals surface area (Å²) in [6.07, 6.45) is -4.59. The van der Waals surface area contributed by atoms with Crippen molar-refractivity contribution in [2.75, 3.05) is 26.4 Å². The van der Waals surface area contributed by atoms with Crippen LogP contribution in [0.5, 0.6) is 0 Å². The fourth-order valence-electron chi connectivity index (χ4n) is 7.62. The fourth-order valence-corrected chi connectivity index (χ4v) is 7.62. The van der Waals surface area contributed by atoms with Crippen LogP contribution in [-0.4, -0.2) is 193 Å². The molecule has 3 heterocycles. The van der Waals surface area contributed by atoms with Crippen LogP contribution in [0.25, 0.3) is 0 Å². The molecule has 3 rings (SSSR count). The quantitative estimate of drug-likeness (QED) is 0.0326. The molecule has 17 unspecified atom stereocenters. The lowest BCUT2D eigenvalue weighted by Crippen LogP contribution is -2.66. The number of hydrogen-bond acceptors (Lipinski definition) is 18. The topological polar surface area (TPSA) is 307 Å². The minimum atomic E-state index is -1.98. The van der Waals surface area contributed by atoms with Crippen molar-refractivity contribution in [2.24, 2.45) is 0 Å². The maximum Gasteiger partial charge on any atom is 0.220 e. The van der Waals surface area contributed by atoms with E-state index in [1.807, 2.05) is 0 Å². The van der Waals surface area contributed by atoms with Gasteiger partial charge in [0.2, 0.25) is 5.91 Å². The van der Waals surface area contributed by atoms with Gasteiger partial charge in [-0.3, -0.25) is 4.79 Å². The van der Waals surface area contributed by atoms with Gasteiger partial charge in [0.15, 0.2) is 18.9 Å². The first-order valence-corrected chi connectivity index (χ1v) is 22.6. The van der Waals surface area contributed by atoms with Crippen molar-refractivity contribution in [2.45, 2.75) is 214 Å². The SMILES string of the molecule is CCC/C=C/CC/C=C/C(O)C(COC1OC(CO)C(OC2OC(CO)C(OC3OC(CO)C(O)C(O)C3O)C(O)C2O)C(O)C1O)NC(=O)CCCCCCCCCCCC. The zero-order chi connectivity index (χ0) is 45.6. The maximum atomic E-state index is 13.0. The minimum absolute atomic E-state index is 0.236. The van der Waals surface area contributed by atoms with Crippen molar-refractivity contribution >= 4 is 5.91 Å². The second kappa shape index (κ2) is 29.7. The molecular weight excluding hydrogens is 818 g/mol. The number of rotatable bonds is 29. The lowest BCUT2D eigenvalue weighted by molar-refractivity contribution is -0.379. The number of aliphatic hydroxyl groups is 11. The van der Waals surface area contributed by atoms with Crippen molar-refractivity contribution in [1.82, 2.24) is 5.32 Å². The molecule has 0 aromatic rings. The van der Waals surface area contributed by atoms with Gasteiger partial charge in [0.05, 0.1) is 38.6 Å². The molecule has 0 radical (unpaired) electrons. The Hall–Kier alpha value is -1.73. The summed E-state index contributed by atoms with van der Waals surface area (Å²) in [6, 6.07) is -0.979. The Morgan fingerprint density at radius 1 is 0.565 bits per heavy atom. The molecule has 19 heteroatoms. The van der Waals surface area contributed by atoms with Crippen LogP contribution in [0.15, 0.2) is 24.3 Å². The van der Waals surface area contributed by atoms with Gasteiger partial charge in [-0.15, -0.1) is 0 Å². The minimum Gasteiger partial charge on any atom is -0.394 e. The zero-order valence-electron chi connectivity index (χ0n) is 36.3. The third-order valence-corrected chi connectivity index (χ3v) is 11.5. The average molecular weight is 896 g/mol. The van der Waals surface area contributed by atoms with Gasteiger partial charge in [0, 0.05) is 6.42 Å². The number of nitrogens with one attached hydrogen (secondary N) is 1. The van der Waals surface area contributed by atoms with Gasteiger partial charge in [-0.1, -0.05) is 102 Å². The molecule has 0 aliphatic carbocycles. The van der Waals surface area contributed by atoms with E-state index >= 15 is 0 Å². The van der Waals surface area contributed by atoms with E-state index in [2.05, 4.69) is 31.3 Å². The number of allylic oxidation sites excluding steroid dienone is 3. The van der Waals surface area contributed by atoms with Crippen LogP contribution < -0.4 is 5.32 Å². The third-order valence-electron chi connectivity index (χ3n) is 11.5. The fraction of sp³-hybridized carbons (Fsp3) is 0.884. The van der Waals surface area contributed by atoms with Crippen LogP contribution >= 0.6 is 0 Å². The lowest BCUT2D eigenvalue weighted by Gasteiger charge is -2.48. The largest absolute Gasteiger partial charge is 0.394 e. The number of carbonyl (C=O) groups excluding carboxylic acids is 1. The second-order valence-corrected chi connectivity index (χ2v) is 16.5. The third kappa shape index (κ3) is 16.9.